The van der Waals surface area contributed by atoms with Crippen molar-refractivity contribution in [1.82, 2.24) is 25.3 Å². The molecule has 12 nitrogen and oxygen atoms in total. The molecule has 3 aromatic heterocycles. The van der Waals surface area contributed by atoms with Gasteiger partial charge in [-0.3, -0.25) is 14.6 Å². The van der Waals surface area contributed by atoms with E-state index >= 15 is 4.79 Å². The van der Waals surface area contributed by atoms with Crippen molar-refractivity contribution in [1.29, 1.82) is 0 Å². The summed E-state index contributed by atoms with van der Waals surface area (Å²) in [7, 11) is 0. The molecule has 16 heteroatoms. The Morgan fingerprint density at radius 2 is 1.20 bits per heavy atom. The summed E-state index contributed by atoms with van der Waals surface area (Å²) >= 11 is 11.1. The smallest absolute Gasteiger partial charge is 0.374 e. The summed E-state index contributed by atoms with van der Waals surface area (Å²) in [5.41, 5.74) is 6.03. The maximum Gasteiger partial charge on any atom is 0.380 e. The first kappa shape index (κ1) is 49.0. The van der Waals surface area contributed by atoms with Crippen LogP contribution in [0.25, 0.3) is 11.3 Å². The zero-order valence-corrected chi connectivity index (χ0v) is 43.0. The average molecular weight is 1060 g/mol. The van der Waals surface area contributed by atoms with E-state index in [1.165, 1.54) is 28.0 Å². The number of hydrogen-bond acceptors (Lipinski definition) is 13. The third-order valence-corrected chi connectivity index (χ3v) is 16.4. The molecule has 2 aliphatic heterocycles. The Morgan fingerprint density at radius 3 is 1.71 bits per heavy atom. The molecule has 1 unspecified atom stereocenters. The standard InChI is InChI=1S/C59H44ClN7O5S3/c60-53-50(63-56(75-53)64-58(40-19-7-1-8-20-40,41-21-9-2-10-22-41)42-23-11-3-12-24-42)51(65-72-59(43-25-13-4-14-26-43,44-27-15-5-16-28-44)45-29-17-6-18-30-45)54(69)66-71-55(70)52-48(32-31-46-37-49(68)67(46)52)74-57-62-47(38-73-57)39-33-35-61-36-34-39/h1-30,33-36,38,46H,31-32,37H2,(H,63,64)(H,66,69). The number of fused-ring (bicyclic) bond motifs is 1. The normalized spacial score (nSPS) is 14.6. The van der Waals surface area contributed by atoms with Crippen LogP contribution in [0.15, 0.2) is 232 Å². The first-order valence-corrected chi connectivity index (χ1v) is 26.9. The van der Waals surface area contributed by atoms with E-state index in [2.05, 4.69) is 15.8 Å². The maximum atomic E-state index is 15.1. The molecular weight excluding hydrogens is 1020 g/mol. The molecule has 0 bridgehead atoms. The first-order chi connectivity index (χ1) is 36.8. The number of halogens is 1. The SMILES string of the molecule is O=C(NOC(=O)C1=C(Sc2nc(-c3ccncc3)cs2)CCC2CC(=O)N12)C(=NOC(c1ccccc1)(c1ccccc1)c1ccccc1)c1nc(NC(c2ccccc2)(c2ccccc2)c2ccccc2)sc1Cl. The highest BCUT2D eigenvalue weighted by atomic mass is 35.5. The van der Waals surface area contributed by atoms with Crippen molar-refractivity contribution >= 4 is 74.7 Å². The molecule has 0 saturated carbocycles. The number of thiazole rings is 2. The van der Waals surface area contributed by atoms with Crippen LogP contribution in [0.4, 0.5) is 5.13 Å². The number of nitrogens with one attached hydrogen (secondary N) is 2. The number of carbonyl (C=O) groups excluding carboxylic acids is 3. The Hall–Kier alpha value is -8.21. The summed E-state index contributed by atoms with van der Waals surface area (Å²) in [5.74, 6) is -2.16. The third-order valence-electron chi connectivity index (χ3n) is 13.1. The van der Waals surface area contributed by atoms with Crippen LogP contribution in [0.1, 0.15) is 58.3 Å². The van der Waals surface area contributed by atoms with Gasteiger partial charge in [-0.15, -0.1) is 11.3 Å². The van der Waals surface area contributed by atoms with Crippen LogP contribution in [0.3, 0.4) is 0 Å². The molecule has 370 valence electrons. The van der Waals surface area contributed by atoms with Gasteiger partial charge in [0.2, 0.25) is 11.5 Å². The summed E-state index contributed by atoms with van der Waals surface area (Å²) in [4.78, 5) is 71.4. The highest BCUT2D eigenvalue weighted by molar-refractivity contribution is 8.04. The topological polar surface area (TPSA) is 148 Å². The van der Waals surface area contributed by atoms with Gasteiger partial charge in [-0.25, -0.2) is 14.8 Å². The number of hydroxylamine groups is 1. The van der Waals surface area contributed by atoms with E-state index < -0.39 is 28.7 Å². The van der Waals surface area contributed by atoms with Gasteiger partial charge in [0.15, 0.2) is 15.2 Å². The number of hydrogen-bond donors (Lipinski definition) is 2. The van der Waals surface area contributed by atoms with E-state index in [-0.39, 0.29) is 27.7 Å². The number of pyridine rings is 1. The lowest BCUT2D eigenvalue weighted by Gasteiger charge is -2.44. The van der Waals surface area contributed by atoms with Crippen LogP contribution in [0, 0.1) is 0 Å². The zero-order chi connectivity index (χ0) is 51.2. The Labute approximate surface area is 449 Å². The number of carbonyl (C=O) groups is 3. The minimum Gasteiger partial charge on any atom is -0.374 e. The largest absolute Gasteiger partial charge is 0.380 e. The average Bonchev–Trinajstić information content (AvgIpc) is 4.10. The lowest BCUT2D eigenvalue weighted by atomic mass is 9.77. The van der Waals surface area contributed by atoms with E-state index in [4.69, 9.17) is 36.4 Å². The van der Waals surface area contributed by atoms with Crippen LogP contribution >= 0.6 is 46.0 Å². The maximum absolute atomic E-state index is 15.1. The van der Waals surface area contributed by atoms with Crippen LogP contribution < -0.4 is 10.8 Å². The van der Waals surface area contributed by atoms with Gasteiger partial charge in [0.25, 0.3) is 0 Å². The fourth-order valence-corrected chi connectivity index (χ4v) is 12.7. The second kappa shape index (κ2) is 21.7. The Morgan fingerprint density at radius 1 is 0.693 bits per heavy atom. The van der Waals surface area contributed by atoms with Gasteiger partial charge in [-0.05, 0) is 41.7 Å². The fraction of sp³-hybridized carbons (Fsp3) is 0.102. The Bertz CT molecular complexity index is 3340. The molecule has 0 spiro atoms. The number of amides is 2. The van der Waals surface area contributed by atoms with Crippen molar-refractivity contribution in [2.45, 2.75) is 40.8 Å². The van der Waals surface area contributed by atoms with Gasteiger partial charge < -0.3 is 19.9 Å². The van der Waals surface area contributed by atoms with E-state index in [0.717, 1.165) is 39.3 Å². The molecule has 0 aliphatic carbocycles. The fourth-order valence-electron chi connectivity index (χ4n) is 9.56. The number of β-lactam (4-membered cyclic amide) rings is 1. The van der Waals surface area contributed by atoms with Crippen molar-refractivity contribution in [3.63, 3.8) is 0 Å². The molecule has 1 saturated heterocycles. The zero-order valence-electron chi connectivity index (χ0n) is 39.8. The number of rotatable bonds is 16. The van der Waals surface area contributed by atoms with Crippen molar-refractivity contribution in [3.8, 4) is 11.3 Å². The lowest BCUT2D eigenvalue weighted by Crippen LogP contribution is -2.55. The van der Waals surface area contributed by atoms with E-state index in [0.29, 0.717) is 50.3 Å². The number of allylic oxidation sites excluding steroid dienone is 1. The third kappa shape index (κ3) is 9.74. The monoisotopic (exact) mass is 1060 g/mol. The van der Waals surface area contributed by atoms with Crippen molar-refractivity contribution < 1.29 is 24.1 Å². The van der Waals surface area contributed by atoms with E-state index in [1.54, 1.807) is 12.4 Å². The van der Waals surface area contributed by atoms with Crippen LogP contribution in [-0.2, 0) is 35.2 Å². The predicted molar refractivity (Wildman–Crippen MR) is 294 cm³/mol. The minimum atomic E-state index is -1.43. The molecule has 0 radical (unpaired) electrons. The number of anilines is 1. The first-order valence-electron chi connectivity index (χ1n) is 24.0. The summed E-state index contributed by atoms with van der Waals surface area (Å²) in [6, 6.07) is 62.2. The van der Waals surface area contributed by atoms with E-state index in [1.807, 2.05) is 200 Å². The summed E-state index contributed by atoms with van der Waals surface area (Å²) < 4.78 is 0.757. The molecule has 2 amide bonds. The number of aromatic nitrogens is 3. The summed E-state index contributed by atoms with van der Waals surface area (Å²) in [6.07, 6.45) is 4.83. The number of thioether (sulfide) groups is 1. The van der Waals surface area contributed by atoms with Crippen LogP contribution in [0.5, 0.6) is 0 Å². The molecule has 5 heterocycles. The van der Waals surface area contributed by atoms with Gasteiger partial charge in [0, 0.05) is 57.4 Å². The minimum absolute atomic E-state index is 0.0386. The summed E-state index contributed by atoms with van der Waals surface area (Å²) in [5, 5.41) is 10.8. The lowest BCUT2D eigenvalue weighted by molar-refractivity contribution is -0.159. The van der Waals surface area contributed by atoms with Gasteiger partial charge in [0.05, 0.1) is 5.69 Å². The van der Waals surface area contributed by atoms with Crippen molar-refractivity contribution in [2.24, 2.45) is 5.16 Å². The van der Waals surface area contributed by atoms with Crippen molar-refractivity contribution in [2.75, 3.05) is 5.32 Å². The van der Waals surface area contributed by atoms with Gasteiger partial charge in [-0.2, -0.15) is 5.48 Å². The second-order valence-corrected chi connectivity index (χ2v) is 21.3. The number of oxime groups is 1. The van der Waals surface area contributed by atoms with Gasteiger partial charge >= 0.3 is 11.9 Å². The molecule has 1 fully saturated rings. The molecule has 2 N–H and O–H groups in total. The molecule has 75 heavy (non-hydrogen) atoms. The molecule has 6 aromatic carbocycles. The van der Waals surface area contributed by atoms with Gasteiger partial charge in [0.1, 0.15) is 21.3 Å². The van der Waals surface area contributed by atoms with Crippen LogP contribution in [0.2, 0.25) is 4.34 Å². The molecule has 1 atom stereocenters. The van der Waals surface area contributed by atoms with Crippen LogP contribution in [-0.4, -0.2) is 49.4 Å². The number of nitrogens with zero attached hydrogens (tertiary/aromatic N) is 5. The Balaban J connectivity index is 1.00. The molecular formula is C59H44ClN7O5S3. The molecule has 2 aliphatic rings. The second-order valence-electron chi connectivity index (χ2n) is 17.5. The van der Waals surface area contributed by atoms with E-state index in [9.17, 15) is 9.59 Å². The highest BCUT2D eigenvalue weighted by Crippen LogP contribution is 2.46. The number of benzene rings is 6. The summed E-state index contributed by atoms with van der Waals surface area (Å²) in [6.45, 7) is 0. The highest BCUT2D eigenvalue weighted by Gasteiger charge is 2.46. The molecule has 11 rings (SSSR count). The molecule has 9 aromatic rings. The van der Waals surface area contributed by atoms with Gasteiger partial charge in [-0.1, -0.05) is 222 Å². The predicted octanol–water partition coefficient (Wildman–Crippen LogP) is 12.4. The quantitative estimate of drug-likeness (QED) is 0.0415. The van der Waals surface area contributed by atoms with Crippen molar-refractivity contribution in [3.05, 3.63) is 266 Å². The Kier molecular flexibility index (Phi) is 14.2.